The number of nitrogen functional groups attached to an aromatic ring is 1. The van der Waals surface area contributed by atoms with Crippen molar-refractivity contribution >= 4 is 17.4 Å². The minimum Gasteiger partial charge on any atom is -0.396 e. The molecule has 7 heteroatoms. The number of nitrogens with two attached hydrogens (primary N) is 1. The molecule has 3 aromatic rings. The number of fused-ring (bicyclic) bond motifs is 1. The van der Waals surface area contributed by atoms with Crippen LogP contribution in [-0.4, -0.2) is 27.0 Å². The molecule has 126 valence electrons. The van der Waals surface area contributed by atoms with Crippen molar-refractivity contribution < 1.29 is 4.79 Å². The van der Waals surface area contributed by atoms with Gasteiger partial charge in [0.05, 0.1) is 17.9 Å². The first-order valence-corrected chi connectivity index (χ1v) is 8.11. The number of aromatic nitrogens is 3. The summed E-state index contributed by atoms with van der Waals surface area (Å²) < 4.78 is 1.99. The molecular weight excluding hydrogens is 316 g/mol. The molecule has 1 amide bonds. The molecule has 0 saturated carbocycles. The normalized spacial score (nSPS) is 13.3. The first kappa shape index (κ1) is 15.3. The van der Waals surface area contributed by atoms with E-state index in [1.54, 1.807) is 12.3 Å². The number of imidazole rings is 1. The van der Waals surface area contributed by atoms with E-state index in [9.17, 15) is 4.79 Å². The van der Waals surface area contributed by atoms with Gasteiger partial charge in [0.15, 0.2) is 5.82 Å². The van der Waals surface area contributed by atoms with E-state index >= 15 is 0 Å². The Morgan fingerprint density at radius 3 is 2.80 bits per heavy atom. The minimum atomic E-state index is -0.314. The third-order valence-electron chi connectivity index (χ3n) is 4.13. The summed E-state index contributed by atoms with van der Waals surface area (Å²) >= 11 is 0. The number of amides is 1. The number of nitrogens with zero attached hydrogens (tertiary/aromatic N) is 3. The molecule has 0 radical (unpaired) electrons. The van der Waals surface area contributed by atoms with Gasteiger partial charge in [0.25, 0.3) is 5.91 Å². The maximum atomic E-state index is 12.5. The number of carbonyl (C=O) groups excluding carboxylic acids is 1. The van der Waals surface area contributed by atoms with Gasteiger partial charge >= 0.3 is 0 Å². The summed E-state index contributed by atoms with van der Waals surface area (Å²) in [6.07, 6.45) is 1.77. The van der Waals surface area contributed by atoms with Crippen molar-refractivity contribution in [1.29, 1.82) is 0 Å². The van der Waals surface area contributed by atoms with Crippen molar-refractivity contribution in [2.45, 2.75) is 13.1 Å². The molecule has 0 unspecified atom stereocenters. The molecule has 3 heterocycles. The van der Waals surface area contributed by atoms with Crippen molar-refractivity contribution in [2.75, 3.05) is 17.6 Å². The Balaban J connectivity index is 1.59. The lowest BCUT2D eigenvalue weighted by molar-refractivity contribution is 0.102. The molecule has 1 aliphatic heterocycles. The summed E-state index contributed by atoms with van der Waals surface area (Å²) in [5, 5.41) is 6.00. The zero-order valence-corrected chi connectivity index (χ0v) is 13.6. The second kappa shape index (κ2) is 6.37. The molecule has 0 spiro atoms. The van der Waals surface area contributed by atoms with Crippen LogP contribution >= 0.6 is 0 Å². The van der Waals surface area contributed by atoms with Crippen LogP contribution in [0, 0.1) is 0 Å². The van der Waals surface area contributed by atoms with Gasteiger partial charge in [-0.2, -0.15) is 0 Å². The van der Waals surface area contributed by atoms with Crippen LogP contribution in [0.2, 0.25) is 0 Å². The van der Waals surface area contributed by atoms with Gasteiger partial charge in [0.1, 0.15) is 11.5 Å². The highest BCUT2D eigenvalue weighted by Crippen LogP contribution is 2.23. The molecular formula is C18H18N6O. The Kier molecular flexibility index (Phi) is 3.91. The maximum absolute atomic E-state index is 12.5. The summed E-state index contributed by atoms with van der Waals surface area (Å²) in [5.74, 6) is 0.886. The summed E-state index contributed by atoms with van der Waals surface area (Å²) in [6.45, 7) is 2.34. The summed E-state index contributed by atoms with van der Waals surface area (Å²) in [4.78, 5) is 21.4. The summed E-state index contributed by atoms with van der Waals surface area (Å²) in [7, 11) is 0. The van der Waals surface area contributed by atoms with Crippen molar-refractivity contribution in [3.8, 4) is 11.3 Å². The van der Waals surface area contributed by atoms with Crippen LogP contribution in [0.1, 0.15) is 16.3 Å². The fourth-order valence-corrected chi connectivity index (χ4v) is 2.81. The van der Waals surface area contributed by atoms with E-state index < -0.39 is 0 Å². The third-order valence-corrected chi connectivity index (χ3v) is 4.13. The molecule has 0 bridgehead atoms. The van der Waals surface area contributed by atoms with E-state index in [1.165, 1.54) is 0 Å². The van der Waals surface area contributed by atoms with E-state index in [0.717, 1.165) is 30.2 Å². The van der Waals surface area contributed by atoms with Gasteiger partial charge in [0, 0.05) is 24.8 Å². The van der Waals surface area contributed by atoms with E-state index in [1.807, 2.05) is 41.0 Å². The topological polar surface area (TPSA) is 97.9 Å². The number of carbonyl (C=O) groups is 1. The fourth-order valence-electron chi connectivity index (χ4n) is 2.81. The SMILES string of the molecule is Nc1ccc(-c2ccccc2)nc1NC(=O)c1cn2c(n1)CNCC2. The average molecular weight is 334 g/mol. The number of nitrogens with one attached hydrogen (secondary N) is 2. The smallest absolute Gasteiger partial charge is 0.277 e. The Morgan fingerprint density at radius 2 is 2.00 bits per heavy atom. The Bertz CT molecular complexity index is 895. The number of benzene rings is 1. The molecule has 1 aromatic carbocycles. The van der Waals surface area contributed by atoms with Gasteiger partial charge in [0.2, 0.25) is 0 Å². The molecule has 0 saturated heterocycles. The standard InChI is InChI=1S/C18H18N6O/c19-13-6-7-14(12-4-2-1-3-5-12)22-17(13)23-18(25)15-11-24-9-8-20-10-16(24)21-15/h1-7,11,20H,8-10,19H2,(H,22,23,25). The predicted octanol–water partition coefficient (Wildman–Crippen LogP) is 1.88. The molecule has 4 rings (SSSR count). The van der Waals surface area contributed by atoms with Crippen molar-refractivity contribution in [1.82, 2.24) is 19.9 Å². The number of hydrogen-bond acceptors (Lipinski definition) is 5. The lowest BCUT2D eigenvalue weighted by Gasteiger charge is -2.13. The summed E-state index contributed by atoms with van der Waals surface area (Å²) in [6, 6.07) is 13.3. The Labute approximate surface area is 144 Å². The van der Waals surface area contributed by atoms with Crippen LogP contribution in [0.25, 0.3) is 11.3 Å². The van der Waals surface area contributed by atoms with Gasteiger partial charge in [-0.3, -0.25) is 4.79 Å². The number of pyridine rings is 1. The molecule has 4 N–H and O–H groups in total. The molecule has 0 aliphatic carbocycles. The zero-order chi connectivity index (χ0) is 17.2. The lowest BCUT2D eigenvalue weighted by atomic mass is 10.1. The quantitative estimate of drug-likeness (QED) is 0.679. The second-order valence-electron chi connectivity index (χ2n) is 5.87. The van der Waals surface area contributed by atoms with Crippen molar-refractivity contribution in [3.63, 3.8) is 0 Å². The molecule has 0 atom stereocenters. The Hall–Kier alpha value is -3.19. The first-order valence-electron chi connectivity index (χ1n) is 8.11. The number of hydrogen-bond donors (Lipinski definition) is 3. The fraction of sp³-hybridized carbons (Fsp3) is 0.167. The van der Waals surface area contributed by atoms with Crippen LogP contribution in [-0.2, 0) is 13.1 Å². The predicted molar refractivity (Wildman–Crippen MR) is 96.0 cm³/mol. The molecule has 2 aromatic heterocycles. The van der Waals surface area contributed by atoms with Gasteiger partial charge in [-0.25, -0.2) is 9.97 Å². The van der Waals surface area contributed by atoms with E-state index in [-0.39, 0.29) is 5.91 Å². The number of rotatable bonds is 3. The maximum Gasteiger partial charge on any atom is 0.277 e. The van der Waals surface area contributed by atoms with E-state index in [2.05, 4.69) is 20.6 Å². The van der Waals surface area contributed by atoms with Gasteiger partial charge < -0.3 is 20.9 Å². The largest absolute Gasteiger partial charge is 0.396 e. The van der Waals surface area contributed by atoms with Crippen LogP contribution in [0.15, 0.2) is 48.7 Å². The summed E-state index contributed by atoms with van der Waals surface area (Å²) in [5.41, 5.74) is 8.47. The lowest BCUT2D eigenvalue weighted by Crippen LogP contribution is -2.27. The molecule has 7 nitrogen and oxygen atoms in total. The third kappa shape index (κ3) is 3.09. The van der Waals surface area contributed by atoms with Gasteiger partial charge in [-0.1, -0.05) is 30.3 Å². The van der Waals surface area contributed by atoms with E-state index in [4.69, 9.17) is 5.73 Å². The van der Waals surface area contributed by atoms with E-state index in [0.29, 0.717) is 23.7 Å². The second-order valence-corrected chi connectivity index (χ2v) is 5.87. The van der Waals surface area contributed by atoms with Crippen LogP contribution in [0.3, 0.4) is 0 Å². The van der Waals surface area contributed by atoms with Crippen LogP contribution in [0.5, 0.6) is 0 Å². The molecule has 25 heavy (non-hydrogen) atoms. The zero-order valence-electron chi connectivity index (χ0n) is 13.6. The highest BCUT2D eigenvalue weighted by atomic mass is 16.2. The number of anilines is 2. The average Bonchev–Trinajstić information content (AvgIpc) is 3.08. The van der Waals surface area contributed by atoms with Gasteiger partial charge in [-0.15, -0.1) is 0 Å². The van der Waals surface area contributed by atoms with Crippen LogP contribution < -0.4 is 16.4 Å². The highest BCUT2D eigenvalue weighted by molar-refractivity contribution is 6.03. The molecule has 1 aliphatic rings. The highest BCUT2D eigenvalue weighted by Gasteiger charge is 2.18. The monoisotopic (exact) mass is 334 g/mol. The van der Waals surface area contributed by atoms with Gasteiger partial charge in [-0.05, 0) is 12.1 Å². The Morgan fingerprint density at radius 1 is 1.16 bits per heavy atom. The first-order chi connectivity index (χ1) is 12.2. The van der Waals surface area contributed by atoms with Crippen molar-refractivity contribution in [2.24, 2.45) is 0 Å². The minimum absolute atomic E-state index is 0.314. The van der Waals surface area contributed by atoms with Crippen LogP contribution in [0.4, 0.5) is 11.5 Å². The van der Waals surface area contributed by atoms with Crippen molar-refractivity contribution in [3.05, 3.63) is 60.2 Å². The molecule has 0 fully saturated rings.